The van der Waals surface area contributed by atoms with E-state index in [1.54, 1.807) is 0 Å². The molecular weight excluding hydrogens is 306 g/mol. The van der Waals surface area contributed by atoms with E-state index in [2.05, 4.69) is 29.6 Å². The van der Waals surface area contributed by atoms with Gasteiger partial charge in [0, 0.05) is 6.54 Å². The van der Waals surface area contributed by atoms with Gasteiger partial charge in [-0.05, 0) is 27.8 Å². The monoisotopic (exact) mass is 325 g/mol. The minimum absolute atomic E-state index is 0.0709. The van der Waals surface area contributed by atoms with Gasteiger partial charge in [0.2, 0.25) is 5.91 Å². The van der Waals surface area contributed by atoms with Gasteiger partial charge in [0.1, 0.15) is 0 Å². The van der Waals surface area contributed by atoms with Crippen LogP contribution in [-0.2, 0) is 11.3 Å². The summed E-state index contributed by atoms with van der Waals surface area (Å²) in [5.41, 5.74) is 5.64. The third-order valence-electron chi connectivity index (χ3n) is 4.53. The predicted molar refractivity (Wildman–Crippen MR) is 101 cm³/mol. The smallest absolute Gasteiger partial charge is 0.232 e. The number of hydrogen-bond donors (Lipinski definition) is 1. The van der Waals surface area contributed by atoms with E-state index in [0.29, 0.717) is 6.54 Å². The highest BCUT2D eigenvalue weighted by Crippen LogP contribution is 2.53. The van der Waals surface area contributed by atoms with Gasteiger partial charge in [0.15, 0.2) is 0 Å². The second-order valence-corrected chi connectivity index (χ2v) is 6.20. The Hall–Kier alpha value is -3.13. The Morgan fingerprint density at radius 2 is 1.12 bits per heavy atom. The van der Waals surface area contributed by atoms with Crippen molar-refractivity contribution in [1.82, 2.24) is 5.32 Å². The summed E-state index contributed by atoms with van der Waals surface area (Å²) in [6.07, 6.45) is 0. The first-order valence-corrected chi connectivity index (χ1v) is 8.51. The zero-order valence-corrected chi connectivity index (χ0v) is 13.9. The summed E-state index contributed by atoms with van der Waals surface area (Å²) in [6.45, 7) is 0.556. The van der Waals surface area contributed by atoms with Gasteiger partial charge >= 0.3 is 0 Å². The Kier molecular flexibility index (Phi) is 4.17. The van der Waals surface area contributed by atoms with E-state index in [1.807, 2.05) is 66.7 Å². The van der Waals surface area contributed by atoms with Crippen LogP contribution in [-0.4, -0.2) is 5.91 Å². The highest BCUT2D eigenvalue weighted by atomic mass is 16.2. The van der Waals surface area contributed by atoms with Gasteiger partial charge in [-0.2, -0.15) is 0 Å². The van der Waals surface area contributed by atoms with Crippen LogP contribution in [0.25, 0.3) is 11.1 Å². The average Bonchev–Trinajstić information content (AvgIpc) is 3.44. The van der Waals surface area contributed by atoms with Crippen molar-refractivity contribution in [3.8, 4) is 0 Å². The van der Waals surface area contributed by atoms with Crippen molar-refractivity contribution >= 4 is 17.1 Å². The molecule has 0 saturated carbocycles. The first-order valence-electron chi connectivity index (χ1n) is 8.51. The van der Waals surface area contributed by atoms with Crippen LogP contribution in [0.15, 0.2) is 91.0 Å². The van der Waals surface area contributed by atoms with Crippen molar-refractivity contribution in [3.05, 3.63) is 108 Å². The van der Waals surface area contributed by atoms with Crippen LogP contribution in [0.2, 0.25) is 0 Å². The molecule has 122 valence electrons. The summed E-state index contributed by atoms with van der Waals surface area (Å²) in [7, 11) is 0. The lowest BCUT2D eigenvalue weighted by Gasteiger charge is -2.06. The zero-order valence-electron chi connectivity index (χ0n) is 13.9. The molecule has 3 aromatic carbocycles. The lowest BCUT2D eigenvalue weighted by atomic mass is 10.1. The van der Waals surface area contributed by atoms with Gasteiger partial charge < -0.3 is 5.32 Å². The van der Waals surface area contributed by atoms with E-state index in [-0.39, 0.29) is 11.8 Å². The first-order chi connectivity index (χ1) is 12.3. The highest BCUT2D eigenvalue weighted by Gasteiger charge is 2.43. The first kappa shape index (κ1) is 15.4. The van der Waals surface area contributed by atoms with E-state index >= 15 is 0 Å². The summed E-state index contributed by atoms with van der Waals surface area (Å²) < 4.78 is 0. The number of rotatable bonds is 5. The second-order valence-electron chi connectivity index (χ2n) is 6.20. The minimum atomic E-state index is -0.159. The zero-order chi connectivity index (χ0) is 17.1. The van der Waals surface area contributed by atoms with Gasteiger partial charge in [-0.15, -0.1) is 0 Å². The lowest BCUT2D eigenvalue weighted by molar-refractivity contribution is -0.121. The Labute approximate surface area is 147 Å². The summed E-state index contributed by atoms with van der Waals surface area (Å²) in [5, 5.41) is 3.08. The van der Waals surface area contributed by atoms with Crippen molar-refractivity contribution in [3.63, 3.8) is 0 Å². The van der Waals surface area contributed by atoms with Gasteiger partial charge in [0.25, 0.3) is 0 Å². The topological polar surface area (TPSA) is 29.1 Å². The van der Waals surface area contributed by atoms with Gasteiger partial charge in [0.05, 0.1) is 5.92 Å². The van der Waals surface area contributed by atoms with Crippen molar-refractivity contribution in [2.24, 2.45) is 5.92 Å². The van der Waals surface area contributed by atoms with Crippen molar-refractivity contribution < 1.29 is 4.79 Å². The normalized spacial score (nSPS) is 13.6. The van der Waals surface area contributed by atoms with Crippen molar-refractivity contribution in [2.45, 2.75) is 6.54 Å². The van der Waals surface area contributed by atoms with E-state index < -0.39 is 0 Å². The van der Waals surface area contributed by atoms with Crippen LogP contribution in [0.5, 0.6) is 0 Å². The molecule has 0 aliphatic heterocycles. The quantitative estimate of drug-likeness (QED) is 0.733. The van der Waals surface area contributed by atoms with Crippen LogP contribution in [0.4, 0.5) is 0 Å². The van der Waals surface area contributed by atoms with Crippen LogP contribution >= 0.6 is 0 Å². The Bertz CT molecular complexity index is 849. The fourth-order valence-corrected chi connectivity index (χ4v) is 3.25. The standard InChI is InChI=1S/C23H19NO/c25-23(24-16-17-10-4-1-5-11-17)22-20(18-12-6-2-7-13-18)21(22)19-14-8-3-9-15-19/h1-15,22H,16H2,(H,24,25). The molecule has 2 heteroatoms. The molecular formula is C23H19NO. The molecule has 1 amide bonds. The number of benzene rings is 3. The summed E-state index contributed by atoms with van der Waals surface area (Å²) in [6, 6.07) is 30.4. The van der Waals surface area contributed by atoms with Gasteiger partial charge in [-0.3, -0.25) is 4.79 Å². The molecule has 0 fully saturated rings. The highest BCUT2D eigenvalue weighted by molar-refractivity contribution is 6.23. The van der Waals surface area contributed by atoms with E-state index in [1.165, 1.54) is 0 Å². The fraction of sp³-hybridized carbons (Fsp3) is 0.0870. The molecule has 1 aliphatic carbocycles. The maximum absolute atomic E-state index is 12.8. The molecule has 2 nitrogen and oxygen atoms in total. The van der Waals surface area contributed by atoms with Crippen LogP contribution in [0.3, 0.4) is 0 Å². The number of carbonyl (C=O) groups excluding carboxylic acids is 1. The van der Waals surface area contributed by atoms with Crippen LogP contribution in [0, 0.1) is 5.92 Å². The number of carbonyl (C=O) groups is 1. The molecule has 25 heavy (non-hydrogen) atoms. The Morgan fingerprint density at radius 3 is 1.60 bits per heavy atom. The van der Waals surface area contributed by atoms with E-state index in [9.17, 15) is 4.79 Å². The SMILES string of the molecule is O=C(NCc1ccccc1)C1C(c2ccccc2)=C1c1ccccc1. The molecule has 0 aromatic heterocycles. The van der Waals surface area contributed by atoms with E-state index in [4.69, 9.17) is 0 Å². The van der Waals surface area contributed by atoms with Gasteiger partial charge in [-0.25, -0.2) is 0 Å². The maximum Gasteiger partial charge on any atom is 0.232 e. The molecule has 1 aliphatic rings. The average molecular weight is 325 g/mol. The maximum atomic E-state index is 12.8. The summed E-state index contributed by atoms with van der Waals surface area (Å²) >= 11 is 0. The second kappa shape index (κ2) is 6.78. The Morgan fingerprint density at radius 1 is 0.680 bits per heavy atom. The number of nitrogens with one attached hydrogen (secondary N) is 1. The van der Waals surface area contributed by atoms with Crippen LogP contribution in [0.1, 0.15) is 16.7 Å². The van der Waals surface area contributed by atoms with Gasteiger partial charge in [-0.1, -0.05) is 91.0 Å². The molecule has 0 saturated heterocycles. The fourth-order valence-electron chi connectivity index (χ4n) is 3.25. The molecule has 0 spiro atoms. The molecule has 0 atom stereocenters. The minimum Gasteiger partial charge on any atom is -0.351 e. The summed E-state index contributed by atoms with van der Waals surface area (Å²) in [4.78, 5) is 12.8. The third kappa shape index (κ3) is 3.24. The molecule has 0 radical (unpaired) electrons. The van der Waals surface area contributed by atoms with Crippen molar-refractivity contribution in [1.29, 1.82) is 0 Å². The number of amides is 1. The molecule has 0 heterocycles. The molecule has 1 N–H and O–H groups in total. The Balaban J connectivity index is 1.56. The largest absolute Gasteiger partial charge is 0.351 e. The lowest BCUT2D eigenvalue weighted by Crippen LogP contribution is -2.25. The molecule has 3 aromatic rings. The van der Waals surface area contributed by atoms with Crippen LogP contribution < -0.4 is 5.32 Å². The number of hydrogen-bond acceptors (Lipinski definition) is 1. The van der Waals surface area contributed by atoms with Crippen molar-refractivity contribution in [2.75, 3.05) is 0 Å². The van der Waals surface area contributed by atoms with E-state index in [0.717, 1.165) is 27.8 Å². The predicted octanol–water partition coefficient (Wildman–Crippen LogP) is 4.54. The molecule has 0 unspecified atom stereocenters. The molecule has 4 rings (SSSR count). The summed E-state index contributed by atoms with van der Waals surface area (Å²) in [5.74, 6) is -0.0879. The molecule has 0 bridgehead atoms. The third-order valence-corrected chi connectivity index (χ3v) is 4.53.